The summed E-state index contributed by atoms with van der Waals surface area (Å²) in [4.78, 5) is 0. The number of rotatable bonds is 1. The molecular formula is C58H34O. The Morgan fingerprint density at radius 1 is 0.271 bits per heavy atom. The minimum Gasteiger partial charge on any atom is -0.456 e. The van der Waals surface area contributed by atoms with Crippen molar-refractivity contribution in [3.05, 3.63) is 251 Å². The highest BCUT2D eigenvalue weighted by atomic mass is 16.5. The minimum atomic E-state index is -0.572. The van der Waals surface area contributed by atoms with Gasteiger partial charge in [-0.1, -0.05) is 182 Å². The fourth-order valence-electron chi connectivity index (χ4n) is 12.0. The predicted molar refractivity (Wildman–Crippen MR) is 241 cm³/mol. The molecule has 14 rings (SSSR count). The molecule has 10 aromatic rings. The van der Waals surface area contributed by atoms with Crippen LogP contribution in [0.2, 0.25) is 0 Å². The Morgan fingerprint density at radius 3 is 1.44 bits per heavy atom. The fraction of sp³-hybridized carbons (Fsp3) is 0.0345. The van der Waals surface area contributed by atoms with E-state index in [0.717, 1.165) is 16.9 Å². The van der Waals surface area contributed by atoms with Crippen LogP contribution in [0.15, 0.2) is 206 Å². The summed E-state index contributed by atoms with van der Waals surface area (Å²) in [6.07, 6.45) is 0. The molecule has 1 atom stereocenters. The van der Waals surface area contributed by atoms with E-state index >= 15 is 0 Å². The van der Waals surface area contributed by atoms with Crippen LogP contribution in [0.1, 0.15) is 44.5 Å². The SMILES string of the molecule is c1ccc2c(c1)Oc1c(cc(-c3cccc4c3-c3ccccc3C43c4ccccc4-c4cc5ccccc5cc43)c3ccccc13)C21c2ccccc2-c2ccccc21. The van der Waals surface area contributed by atoms with E-state index in [2.05, 4.69) is 206 Å². The Balaban J connectivity index is 1.12. The second-order valence-electron chi connectivity index (χ2n) is 16.6. The van der Waals surface area contributed by atoms with Crippen LogP contribution in [0, 0.1) is 0 Å². The van der Waals surface area contributed by atoms with Crippen molar-refractivity contribution >= 4 is 21.5 Å². The molecule has 59 heavy (non-hydrogen) atoms. The largest absolute Gasteiger partial charge is 0.456 e. The first-order chi connectivity index (χ1) is 29.3. The van der Waals surface area contributed by atoms with Gasteiger partial charge < -0.3 is 4.74 Å². The Kier molecular flexibility index (Phi) is 5.96. The molecule has 0 aromatic heterocycles. The van der Waals surface area contributed by atoms with E-state index in [1.807, 2.05) is 0 Å². The maximum absolute atomic E-state index is 7.14. The lowest BCUT2D eigenvalue weighted by Gasteiger charge is -2.40. The summed E-state index contributed by atoms with van der Waals surface area (Å²) in [7, 11) is 0. The van der Waals surface area contributed by atoms with E-state index in [9.17, 15) is 0 Å². The van der Waals surface area contributed by atoms with Crippen molar-refractivity contribution < 1.29 is 4.74 Å². The number of fused-ring (bicyclic) bond motifs is 22. The van der Waals surface area contributed by atoms with Crippen LogP contribution in [0.3, 0.4) is 0 Å². The van der Waals surface area contributed by atoms with Gasteiger partial charge in [-0.25, -0.2) is 0 Å². The van der Waals surface area contributed by atoms with Gasteiger partial charge in [0, 0.05) is 16.5 Å². The molecule has 10 aromatic carbocycles. The smallest absolute Gasteiger partial charge is 0.140 e. The van der Waals surface area contributed by atoms with Gasteiger partial charge in [-0.2, -0.15) is 0 Å². The van der Waals surface area contributed by atoms with Crippen LogP contribution in [-0.2, 0) is 10.8 Å². The first-order valence-corrected chi connectivity index (χ1v) is 20.7. The van der Waals surface area contributed by atoms with Crippen molar-refractivity contribution in [3.8, 4) is 56.0 Å². The summed E-state index contributed by atoms with van der Waals surface area (Å²) < 4.78 is 7.14. The molecule has 4 aliphatic rings. The summed E-state index contributed by atoms with van der Waals surface area (Å²) in [5.41, 5.74) is 19.6. The third-order valence-corrected chi connectivity index (χ3v) is 14.1. The van der Waals surface area contributed by atoms with Crippen LogP contribution in [0.25, 0.3) is 66.1 Å². The quantitative estimate of drug-likeness (QED) is 0.163. The highest BCUT2D eigenvalue weighted by molar-refractivity contribution is 6.09. The monoisotopic (exact) mass is 746 g/mol. The Morgan fingerprint density at radius 2 is 0.746 bits per heavy atom. The van der Waals surface area contributed by atoms with Crippen LogP contribution in [0.4, 0.5) is 0 Å². The van der Waals surface area contributed by atoms with Crippen molar-refractivity contribution in [2.75, 3.05) is 0 Å². The van der Waals surface area contributed by atoms with Crippen LogP contribution < -0.4 is 4.74 Å². The van der Waals surface area contributed by atoms with Gasteiger partial charge in [-0.15, -0.1) is 0 Å². The van der Waals surface area contributed by atoms with Crippen molar-refractivity contribution in [3.63, 3.8) is 0 Å². The summed E-state index contributed by atoms with van der Waals surface area (Å²) in [6.45, 7) is 0. The number of benzene rings is 10. The van der Waals surface area contributed by atoms with Gasteiger partial charge in [0.15, 0.2) is 0 Å². The van der Waals surface area contributed by atoms with Crippen molar-refractivity contribution in [2.45, 2.75) is 10.8 Å². The molecule has 3 aliphatic carbocycles. The number of hydrogen-bond acceptors (Lipinski definition) is 1. The average Bonchev–Trinajstić information content (AvgIpc) is 3.88. The Labute approximate surface area is 342 Å². The first kappa shape index (κ1) is 31.6. The van der Waals surface area contributed by atoms with E-state index in [1.165, 1.54) is 105 Å². The van der Waals surface area contributed by atoms with Gasteiger partial charge in [0.25, 0.3) is 0 Å². The van der Waals surface area contributed by atoms with E-state index in [4.69, 9.17) is 4.74 Å². The van der Waals surface area contributed by atoms with Crippen molar-refractivity contribution in [1.82, 2.24) is 0 Å². The highest BCUT2D eigenvalue weighted by Gasteiger charge is 2.54. The molecule has 1 heteroatoms. The van der Waals surface area contributed by atoms with Gasteiger partial charge in [0.1, 0.15) is 11.5 Å². The molecule has 1 unspecified atom stereocenters. The van der Waals surface area contributed by atoms with E-state index in [-0.39, 0.29) is 0 Å². The minimum absolute atomic E-state index is 0.464. The van der Waals surface area contributed by atoms with Gasteiger partial charge in [-0.3, -0.25) is 0 Å². The number of para-hydroxylation sites is 1. The lowest BCUT2D eigenvalue weighted by atomic mass is 9.65. The Bertz CT molecular complexity index is 3450. The second kappa shape index (κ2) is 11.1. The highest BCUT2D eigenvalue weighted by Crippen LogP contribution is 2.67. The molecular weight excluding hydrogens is 713 g/mol. The molecule has 0 fully saturated rings. The molecule has 1 nitrogen and oxygen atoms in total. The molecule has 0 N–H and O–H groups in total. The van der Waals surface area contributed by atoms with Gasteiger partial charge >= 0.3 is 0 Å². The zero-order valence-corrected chi connectivity index (χ0v) is 32.0. The molecule has 0 saturated heterocycles. The van der Waals surface area contributed by atoms with Gasteiger partial charge in [0.05, 0.1) is 10.8 Å². The lowest BCUT2D eigenvalue weighted by molar-refractivity contribution is 0.442. The first-order valence-electron chi connectivity index (χ1n) is 20.7. The average molecular weight is 747 g/mol. The fourth-order valence-corrected chi connectivity index (χ4v) is 12.0. The molecule has 2 spiro atoms. The Hall–Kier alpha value is -7.48. The van der Waals surface area contributed by atoms with E-state index in [1.54, 1.807) is 0 Å². The van der Waals surface area contributed by atoms with Gasteiger partial charge in [-0.05, 0) is 118 Å². The van der Waals surface area contributed by atoms with E-state index < -0.39 is 10.8 Å². The standard InChI is InChI=1S/C58H34O/c1-2-17-36-33-52-45(32-35(36)16-1)40-21-7-11-27-48(40)58(52)49-28-12-8-23-43(49)55-41(24-15-30-51(55)58)44-34-53-56(42-22-4-3-18-37(42)44)59-54-31-14-13-29-50(54)57(53)46-25-9-5-19-38(46)39-20-6-10-26-47(39)57/h1-34H. The molecule has 0 bridgehead atoms. The number of ether oxygens (including phenoxy) is 1. The lowest BCUT2D eigenvalue weighted by Crippen LogP contribution is -2.32. The third-order valence-electron chi connectivity index (χ3n) is 14.1. The molecule has 1 heterocycles. The molecule has 0 saturated carbocycles. The van der Waals surface area contributed by atoms with Crippen molar-refractivity contribution in [2.24, 2.45) is 0 Å². The molecule has 272 valence electrons. The van der Waals surface area contributed by atoms with Crippen molar-refractivity contribution in [1.29, 1.82) is 0 Å². The third kappa shape index (κ3) is 3.69. The maximum Gasteiger partial charge on any atom is 0.140 e. The van der Waals surface area contributed by atoms with Crippen LogP contribution in [0.5, 0.6) is 11.5 Å². The molecule has 1 aliphatic heterocycles. The van der Waals surface area contributed by atoms with E-state index in [0.29, 0.717) is 0 Å². The van der Waals surface area contributed by atoms with Crippen LogP contribution >= 0.6 is 0 Å². The zero-order valence-electron chi connectivity index (χ0n) is 32.0. The van der Waals surface area contributed by atoms with Crippen LogP contribution in [-0.4, -0.2) is 0 Å². The summed E-state index contributed by atoms with van der Waals surface area (Å²) in [5.74, 6) is 1.84. The molecule has 0 amide bonds. The van der Waals surface area contributed by atoms with Gasteiger partial charge in [0.2, 0.25) is 0 Å². The summed E-state index contributed by atoms with van der Waals surface area (Å²) in [6, 6.07) is 77.2. The normalized spacial score (nSPS) is 16.5. The zero-order chi connectivity index (χ0) is 38.5. The summed E-state index contributed by atoms with van der Waals surface area (Å²) >= 11 is 0. The summed E-state index contributed by atoms with van der Waals surface area (Å²) in [5, 5.41) is 4.85. The second-order valence-corrected chi connectivity index (χ2v) is 16.6. The maximum atomic E-state index is 7.14. The predicted octanol–water partition coefficient (Wildman–Crippen LogP) is 14.5. The topological polar surface area (TPSA) is 9.23 Å². The molecule has 0 radical (unpaired) electrons. The number of hydrogen-bond donors (Lipinski definition) is 0.